The Morgan fingerprint density at radius 3 is 2.03 bits per heavy atom. The Morgan fingerprint density at radius 1 is 0.848 bits per heavy atom. The highest BCUT2D eigenvalue weighted by molar-refractivity contribution is 6.50. The van der Waals surface area contributed by atoms with Crippen molar-refractivity contribution in [1.29, 1.82) is 0 Å². The fourth-order valence-electron chi connectivity index (χ4n) is 5.15. The summed E-state index contributed by atoms with van der Waals surface area (Å²) >= 11 is 0. The molecule has 0 saturated carbocycles. The Hall–Kier alpha value is -3.15. The lowest BCUT2D eigenvalue weighted by Gasteiger charge is -2.29. The van der Waals surface area contributed by atoms with Crippen molar-refractivity contribution >= 4 is 18.2 Å². The first kappa shape index (κ1) is 23.0. The fraction of sp³-hybridized carbons (Fsp3) is 0.222. The second-order valence-corrected chi connectivity index (χ2v) is 8.82. The van der Waals surface area contributed by atoms with E-state index in [-0.39, 0.29) is 0 Å². The lowest BCUT2D eigenvalue weighted by Crippen LogP contribution is -2.44. The van der Waals surface area contributed by atoms with Gasteiger partial charge in [0.05, 0.1) is 5.39 Å². The van der Waals surface area contributed by atoms with Crippen LogP contribution in [0.3, 0.4) is 0 Å². The molecule has 0 spiro atoms. The zero-order chi connectivity index (χ0) is 23.8. The predicted octanol–water partition coefficient (Wildman–Crippen LogP) is 7.49. The van der Waals surface area contributed by atoms with Crippen LogP contribution >= 0.6 is 0 Å². The summed E-state index contributed by atoms with van der Waals surface area (Å²) < 4.78 is 41.5. The van der Waals surface area contributed by atoms with Crippen molar-refractivity contribution < 1.29 is 21.8 Å². The van der Waals surface area contributed by atoms with Crippen LogP contribution in [0.15, 0.2) is 79.0 Å². The Morgan fingerprint density at radius 2 is 1.42 bits per heavy atom. The summed E-state index contributed by atoms with van der Waals surface area (Å²) in [5.74, 6) is 1.00. The van der Waals surface area contributed by atoms with Gasteiger partial charge in [-0.3, -0.25) is 0 Å². The SMILES string of the molecule is Cc1cc2c3c(c1)c(-c1ccccc1)c(C)c[n+]3CC(C)C2c1ccccc1.F[B-](F)(F)F. The number of pyridine rings is 1. The molecule has 2 heterocycles. The highest BCUT2D eigenvalue weighted by atomic mass is 19.5. The zero-order valence-electron chi connectivity index (χ0n) is 18.9. The second-order valence-electron chi connectivity index (χ2n) is 8.82. The number of nitrogens with zero attached hydrogens (tertiary/aromatic N) is 1. The molecule has 1 aliphatic rings. The van der Waals surface area contributed by atoms with Crippen molar-refractivity contribution in [2.24, 2.45) is 5.92 Å². The molecule has 0 bridgehead atoms. The third-order valence-electron chi connectivity index (χ3n) is 6.19. The zero-order valence-corrected chi connectivity index (χ0v) is 18.9. The van der Waals surface area contributed by atoms with Crippen LogP contribution in [0.2, 0.25) is 0 Å². The summed E-state index contributed by atoms with van der Waals surface area (Å²) in [6.45, 7) is 7.93. The van der Waals surface area contributed by atoms with Crippen LogP contribution in [-0.2, 0) is 6.54 Å². The maximum absolute atomic E-state index is 9.75. The van der Waals surface area contributed by atoms with Crippen molar-refractivity contribution in [3.05, 3.63) is 101 Å². The van der Waals surface area contributed by atoms with Gasteiger partial charge in [0.2, 0.25) is 5.52 Å². The average molecular weight is 451 g/mol. The van der Waals surface area contributed by atoms with E-state index in [1.165, 1.54) is 44.3 Å². The van der Waals surface area contributed by atoms with Crippen molar-refractivity contribution in [3.63, 3.8) is 0 Å². The molecule has 0 saturated heterocycles. The molecule has 2 atom stereocenters. The van der Waals surface area contributed by atoms with E-state index in [9.17, 15) is 17.3 Å². The second kappa shape index (κ2) is 9.01. The van der Waals surface area contributed by atoms with Gasteiger partial charge in [-0.1, -0.05) is 67.6 Å². The summed E-state index contributed by atoms with van der Waals surface area (Å²) in [6.07, 6.45) is 2.36. The van der Waals surface area contributed by atoms with Crippen molar-refractivity contribution in [2.45, 2.75) is 33.2 Å². The minimum atomic E-state index is -6.00. The van der Waals surface area contributed by atoms with E-state index >= 15 is 0 Å². The molecule has 2 unspecified atom stereocenters. The van der Waals surface area contributed by atoms with Gasteiger partial charge in [0.15, 0.2) is 12.7 Å². The molecular formula is C27H26BF4N. The number of aryl methyl sites for hydroxylation is 2. The molecule has 0 radical (unpaired) electrons. The van der Waals surface area contributed by atoms with Crippen LogP contribution in [0.1, 0.15) is 35.1 Å². The van der Waals surface area contributed by atoms with E-state index in [0.29, 0.717) is 11.8 Å². The summed E-state index contributed by atoms with van der Waals surface area (Å²) in [7, 11) is -6.00. The maximum atomic E-state index is 9.75. The Kier molecular flexibility index (Phi) is 6.29. The van der Waals surface area contributed by atoms with Gasteiger partial charge in [0.25, 0.3) is 0 Å². The highest BCUT2D eigenvalue weighted by Gasteiger charge is 2.35. The lowest BCUT2D eigenvalue weighted by atomic mass is 9.77. The normalized spacial score (nSPS) is 17.4. The molecule has 0 N–H and O–H groups in total. The van der Waals surface area contributed by atoms with Gasteiger partial charge in [0, 0.05) is 28.5 Å². The van der Waals surface area contributed by atoms with E-state index in [1.54, 1.807) is 0 Å². The van der Waals surface area contributed by atoms with Gasteiger partial charge < -0.3 is 17.3 Å². The molecule has 4 aromatic rings. The number of hydrogen-bond acceptors (Lipinski definition) is 0. The minimum absolute atomic E-state index is 0.440. The number of rotatable bonds is 2. The molecule has 0 aliphatic carbocycles. The highest BCUT2D eigenvalue weighted by Crippen LogP contribution is 2.41. The van der Waals surface area contributed by atoms with Crippen LogP contribution < -0.4 is 4.57 Å². The monoisotopic (exact) mass is 451 g/mol. The first-order chi connectivity index (χ1) is 15.6. The topological polar surface area (TPSA) is 3.88 Å². The van der Waals surface area contributed by atoms with Crippen molar-refractivity contribution in [2.75, 3.05) is 0 Å². The molecule has 1 aliphatic heterocycles. The van der Waals surface area contributed by atoms with Crippen molar-refractivity contribution in [3.8, 4) is 11.1 Å². The first-order valence-electron chi connectivity index (χ1n) is 11.1. The largest absolute Gasteiger partial charge is 0.673 e. The van der Waals surface area contributed by atoms with Crippen LogP contribution in [0, 0.1) is 19.8 Å². The minimum Gasteiger partial charge on any atom is -0.418 e. The third-order valence-corrected chi connectivity index (χ3v) is 6.19. The molecule has 5 rings (SSSR count). The Labute approximate surface area is 191 Å². The van der Waals surface area contributed by atoms with Crippen LogP contribution in [0.5, 0.6) is 0 Å². The van der Waals surface area contributed by atoms with Gasteiger partial charge in [-0.15, -0.1) is 0 Å². The Balaban J connectivity index is 0.000000471. The van der Waals surface area contributed by atoms with Gasteiger partial charge in [-0.2, -0.15) is 4.57 Å². The van der Waals surface area contributed by atoms with E-state index in [0.717, 1.165) is 6.54 Å². The number of hydrogen-bond donors (Lipinski definition) is 0. The summed E-state index contributed by atoms with van der Waals surface area (Å²) in [6, 6.07) is 26.7. The molecule has 1 nitrogen and oxygen atoms in total. The molecule has 33 heavy (non-hydrogen) atoms. The molecule has 3 aromatic carbocycles. The fourth-order valence-corrected chi connectivity index (χ4v) is 5.15. The van der Waals surface area contributed by atoms with Gasteiger partial charge >= 0.3 is 7.25 Å². The smallest absolute Gasteiger partial charge is 0.418 e. The van der Waals surface area contributed by atoms with E-state index in [2.05, 4.69) is 104 Å². The maximum Gasteiger partial charge on any atom is 0.673 e. The predicted molar refractivity (Wildman–Crippen MR) is 127 cm³/mol. The molecule has 6 heteroatoms. The standard InChI is InChI=1S/C27H26N.BF4/c1-18-14-23-25(21-10-6-4-7-11-21)19(2)16-28-17-20(3)26(24(15-18)27(23)28)22-12-8-5-9-13-22;2-1(3,4)5/h4-16,20,26H,17H2,1-3H3;/q+1;-1. The lowest BCUT2D eigenvalue weighted by molar-refractivity contribution is -0.681. The van der Waals surface area contributed by atoms with E-state index in [4.69, 9.17) is 0 Å². The molecule has 170 valence electrons. The summed E-state index contributed by atoms with van der Waals surface area (Å²) in [5, 5.41) is 1.38. The van der Waals surface area contributed by atoms with Crippen LogP contribution in [-0.4, -0.2) is 7.25 Å². The van der Waals surface area contributed by atoms with Crippen molar-refractivity contribution in [1.82, 2.24) is 0 Å². The molecular weight excluding hydrogens is 425 g/mol. The van der Waals surface area contributed by atoms with Crippen LogP contribution in [0.4, 0.5) is 17.3 Å². The molecule has 1 aromatic heterocycles. The van der Waals surface area contributed by atoms with Gasteiger partial charge in [-0.05, 0) is 42.7 Å². The average Bonchev–Trinajstić information content (AvgIpc) is 2.73. The quantitative estimate of drug-likeness (QED) is 0.169. The summed E-state index contributed by atoms with van der Waals surface area (Å²) in [5.41, 5.74) is 9.67. The van der Waals surface area contributed by atoms with Gasteiger partial charge in [-0.25, -0.2) is 0 Å². The van der Waals surface area contributed by atoms with Crippen LogP contribution in [0.25, 0.3) is 22.0 Å². The number of aromatic nitrogens is 1. The van der Waals surface area contributed by atoms with Gasteiger partial charge in [0.1, 0.15) is 0 Å². The number of benzene rings is 3. The van der Waals surface area contributed by atoms with E-state index in [1.807, 2.05) is 0 Å². The van der Waals surface area contributed by atoms with E-state index < -0.39 is 7.25 Å². The third kappa shape index (κ3) is 4.95. The Bertz CT molecular complexity index is 1260. The summed E-state index contributed by atoms with van der Waals surface area (Å²) in [4.78, 5) is 0. The first-order valence-corrected chi connectivity index (χ1v) is 11.1. The number of halogens is 4. The molecule has 0 amide bonds. The molecule has 0 fully saturated rings.